The fourth-order valence-corrected chi connectivity index (χ4v) is 3.06. The summed E-state index contributed by atoms with van der Waals surface area (Å²) in [7, 11) is 0. The van der Waals surface area contributed by atoms with E-state index in [2.05, 4.69) is 46.2 Å². The molecule has 0 atom stereocenters. The van der Waals surface area contributed by atoms with E-state index in [0.29, 0.717) is 5.56 Å². The fraction of sp³-hybridized carbons (Fsp3) is 0.286. The topological polar surface area (TPSA) is 49.6 Å². The van der Waals surface area contributed by atoms with E-state index >= 15 is 0 Å². The van der Waals surface area contributed by atoms with Crippen molar-refractivity contribution in [2.24, 2.45) is 5.73 Å². The molecule has 2 aromatic rings. The Hall–Kier alpha value is -2.43. The molecular weight excluding hydrogens is 310 g/mol. The molecule has 25 heavy (non-hydrogen) atoms. The number of carbonyl (C=O) groups excluding carboxylic acids is 1. The van der Waals surface area contributed by atoms with Crippen LogP contribution in [0.25, 0.3) is 6.08 Å². The maximum atomic E-state index is 11.1. The third-order valence-electron chi connectivity index (χ3n) is 4.58. The van der Waals surface area contributed by atoms with Crippen molar-refractivity contribution >= 4 is 12.0 Å². The molecule has 2 aromatic carbocycles. The second-order valence-electron chi connectivity index (χ2n) is 6.45. The van der Waals surface area contributed by atoms with Crippen molar-refractivity contribution in [3.63, 3.8) is 0 Å². The zero-order chi connectivity index (χ0) is 17.5. The Morgan fingerprint density at radius 1 is 0.920 bits per heavy atom. The number of hydrogen-bond donors (Lipinski definition) is 1. The molecule has 0 saturated carbocycles. The first-order chi connectivity index (χ1) is 12.2. The van der Waals surface area contributed by atoms with Crippen LogP contribution >= 0.6 is 0 Å². The standard InChI is InChI=1S/C21H25N3O/c22-21(25)20-10-8-19(9-11-20)17-24-15-13-23(14-16-24)12-4-7-18-5-2-1-3-6-18/h1-11H,12-17H2,(H2,22,25)/b7-4+. The number of amides is 1. The highest BCUT2D eigenvalue weighted by atomic mass is 16.1. The first kappa shape index (κ1) is 17.4. The normalized spacial score (nSPS) is 16.3. The summed E-state index contributed by atoms with van der Waals surface area (Å²) in [4.78, 5) is 16.0. The molecule has 0 radical (unpaired) electrons. The minimum Gasteiger partial charge on any atom is -0.366 e. The predicted octanol–water partition coefficient (Wildman–Crippen LogP) is 2.62. The molecule has 0 spiro atoms. The lowest BCUT2D eigenvalue weighted by Gasteiger charge is -2.34. The van der Waals surface area contributed by atoms with Gasteiger partial charge >= 0.3 is 0 Å². The molecule has 1 amide bonds. The summed E-state index contributed by atoms with van der Waals surface area (Å²) in [5.41, 5.74) is 8.32. The average Bonchev–Trinajstić information content (AvgIpc) is 2.64. The molecule has 1 heterocycles. The van der Waals surface area contributed by atoms with Gasteiger partial charge in [-0.05, 0) is 23.3 Å². The van der Waals surface area contributed by atoms with Gasteiger partial charge in [-0.2, -0.15) is 0 Å². The van der Waals surface area contributed by atoms with Crippen molar-refractivity contribution in [2.45, 2.75) is 6.54 Å². The smallest absolute Gasteiger partial charge is 0.248 e. The molecule has 1 aliphatic rings. The molecular formula is C21H25N3O. The zero-order valence-electron chi connectivity index (χ0n) is 14.5. The van der Waals surface area contributed by atoms with Crippen molar-refractivity contribution in [3.8, 4) is 0 Å². The van der Waals surface area contributed by atoms with Crippen molar-refractivity contribution < 1.29 is 4.79 Å². The maximum absolute atomic E-state index is 11.1. The highest BCUT2D eigenvalue weighted by Crippen LogP contribution is 2.10. The van der Waals surface area contributed by atoms with E-state index in [-0.39, 0.29) is 5.91 Å². The summed E-state index contributed by atoms with van der Waals surface area (Å²) in [5, 5.41) is 0. The van der Waals surface area contributed by atoms with E-state index in [1.807, 2.05) is 30.3 Å². The van der Waals surface area contributed by atoms with Crippen LogP contribution in [-0.2, 0) is 6.54 Å². The lowest BCUT2D eigenvalue weighted by atomic mass is 10.1. The Morgan fingerprint density at radius 2 is 1.56 bits per heavy atom. The van der Waals surface area contributed by atoms with Gasteiger partial charge < -0.3 is 5.73 Å². The largest absolute Gasteiger partial charge is 0.366 e. The summed E-state index contributed by atoms with van der Waals surface area (Å²) in [6, 6.07) is 18.0. The Bertz CT molecular complexity index is 702. The quantitative estimate of drug-likeness (QED) is 0.883. The summed E-state index contributed by atoms with van der Waals surface area (Å²) in [5.74, 6) is -0.372. The highest BCUT2D eigenvalue weighted by molar-refractivity contribution is 5.92. The summed E-state index contributed by atoms with van der Waals surface area (Å²) in [6.07, 6.45) is 4.43. The van der Waals surface area contributed by atoms with Crippen LogP contribution in [0, 0.1) is 0 Å². The number of hydrogen-bond acceptors (Lipinski definition) is 3. The fourth-order valence-electron chi connectivity index (χ4n) is 3.06. The van der Waals surface area contributed by atoms with Crippen LogP contribution in [-0.4, -0.2) is 48.4 Å². The Morgan fingerprint density at radius 3 is 2.20 bits per heavy atom. The predicted molar refractivity (Wildman–Crippen MR) is 102 cm³/mol. The second kappa shape index (κ2) is 8.60. The molecule has 1 aliphatic heterocycles. The minimum absolute atomic E-state index is 0.372. The van der Waals surface area contributed by atoms with Crippen molar-refractivity contribution in [3.05, 3.63) is 77.4 Å². The number of carbonyl (C=O) groups is 1. The number of rotatable bonds is 6. The van der Waals surface area contributed by atoms with Gasteiger partial charge in [-0.15, -0.1) is 0 Å². The third-order valence-corrected chi connectivity index (χ3v) is 4.58. The number of primary amides is 1. The third kappa shape index (κ3) is 5.28. The summed E-state index contributed by atoms with van der Waals surface area (Å²) in [6.45, 7) is 6.22. The molecule has 2 N–H and O–H groups in total. The van der Waals surface area contributed by atoms with Crippen LogP contribution in [0.1, 0.15) is 21.5 Å². The van der Waals surface area contributed by atoms with Gasteiger partial charge in [0.2, 0.25) is 5.91 Å². The van der Waals surface area contributed by atoms with E-state index in [1.54, 1.807) is 0 Å². The molecule has 4 nitrogen and oxygen atoms in total. The first-order valence-corrected chi connectivity index (χ1v) is 8.76. The first-order valence-electron chi connectivity index (χ1n) is 8.76. The van der Waals surface area contributed by atoms with Gasteiger partial charge in [0.15, 0.2) is 0 Å². The number of nitrogens with zero attached hydrogens (tertiary/aromatic N) is 2. The van der Waals surface area contributed by atoms with Crippen LogP contribution in [0.3, 0.4) is 0 Å². The zero-order valence-corrected chi connectivity index (χ0v) is 14.5. The maximum Gasteiger partial charge on any atom is 0.248 e. The van der Waals surface area contributed by atoms with Gasteiger partial charge in [0, 0.05) is 44.8 Å². The van der Waals surface area contributed by atoms with Gasteiger partial charge in [-0.3, -0.25) is 14.6 Å². The lowest BCUT2D eigenvalue weighted by molar-refractivity contribution is 0.1000. The Labute approximate surface area is 149 Å². The van der Waals surface area contributed by atoms with E-state index < -0.39 is 0 Å². The van der Waals surface area contributed by atoms with Crippen LogP contribution in [0.4, 0.5) is 0 Å². The van der Waals surface area contributed by atoms with E-state index in [4.69, 9.17) is 5.73 Å². The van der Waals surface area contributed by atoms with Gasteiger partial charge in [0.1, 0.15) is 0 Å². The SMILES string of the molecule is NC(=O)c1ccc(CN2CCN(C/C=C/c3ccccc3)CC2)cc1. The molecule has 1 fully saturated rings. The number of nitrogens with two attached hydrogens (primary N) is 1. The van der Waals surface area contributed by atoms with Crippen LogP contribution < -0.4 is 5.73 Å². The molecule has 0 unspecified atom stereocenters. The molecule has 0 aromatic heterocycles. The molecule has 0 bridgehead atoms. The Kier molecular flexibility index (Phi) is 5.99. The molecule has 130 valence electrons. The van der Waals surface area contributed by atoms with Crippen molar-refractivity contribution in [2.75, 3.05) is 32.7 Å². The molecule has 3 rings (SSSR count). The average molecular weight is 335 g/mol. The number of piperazine rings is 1. The van der Waals surface area contributed by atoms with E-state index in [0.717, 1.165) is 39.3 Å². The summed E-state index contributed by atoms with van der Waals surface area (Å²) >= 11 is 0. The van der Waals surface area contributed by atoms with Crippen LogP contribution in [0.15, 0.2) is 60.7 Å². The van der Waals surface area contributed by atoms with Crippen LogP contribution in [0.5, 0.6) is 0 Å². The minimum atomic E-state index is -0.372. The molecule has 0 aliphatic carbocycles. The van der Waals surface area contributed by atoms with Gasteiger partial charge in [-0.1, -0.05) is 54.6 Å². The molecule has 4 heteroatoms. The number of benzene rings is 2. The van der Waals surface area contributed by atoms with Crippen LogP contribution in [0.2, 0.25) is 0 Å². The lowest BCUT2D eigenvalue weighted by Crippen LogP contribution is -2.45. The van der Waals surface area contributed by atoms with E-state index in [9.17, 15) is 4.79 Å². The Balaban J connectivity index is 1.42. The highest BCUT2D eigenvalue weighted by Gasteiger charge is 2.15. The second-order valence-corrected chi connectivity index (χ2v) is 6.45. The molecule has 1 saturated heterocycles. The monoisotopic (exact) mass is 335 g/mol. The van der Waals surface area contributed by atoms with Gasteiger partial charge in [0.05, 0.1) is 0 Å². The van der Waals surface area contributed by atoms with Gasteiger partial charge in [0.25, 0.3) is 0 Å². The summed E-state index contributed by atoms with van der Waals surface area (Å²) < 4.78 is 0. The van der Waals surface area contributed by atoms with Crippen molar-refractivity contribution in [1.29, 1.82) is 0 Å². The van der Waals surface area contributed by atoms with Gasteiger partial charge in [-0.25, -0.2) is 0 Å². The van der Waals surface area contributed by atoms with Crippen molar-refractivity contribution in [1.82, 2.24) is 9.80 Å². The van der Waals surface area contributed by atoms with E-state index in [1.165, 1.54) is 11.1 Å².